The molecule has 2 aromatic carbocycles. The second-order valence-corrected chi connectivity index (χ2v) is 5.58. The molecule has 0 saturated carbocycles. The molecule has 2 nitrogen and oxygen atoms in total. The fourth-order valence-electron chi connectivity index (χ4n) is 2.03. The first kappa shape index (κ1) is 15.6. The fourth-order valence-corrected chi connectivity index (χ4v) is 2.43. The van der Waals surface area contributed by atoms with Crippen molar-refractivity contribution in [3.05, 3.63) is 63.1 Å². The Kier molecular flexibility index (Phi) is 4.73. The first-order chi connectivity index (χ1) is 9.93. The van der Waals surface area contributed by atoms with E-state index in [1.165, 1.54) is 13.0 Å². The van der Waals surface area contributed by atoms with Gasteiger partial charge in [0.25, 0.3) is 5.91 Å². The number of carbonyl (C=O) groups excluding carboxylic acids is 1. The van der Waals surface area contributed by atoms with Gasteiger partial charge in [0.15, 0.2) is 0 Å². The highest BCUT2D eigenvalue weighted by Gasteiger charge is 2.19. The third kappa shape index (κ3) is 3.29. The van der Waals surface area contributed by atoms with Crippen molar-refractivity contribution < 1.29 is 13.6 Å². The van der Waals surface area contributed by atoms with Gasteiger partial charge in [-0.2, -0.15) is 0 Å². The summed E-state index contributed by atoms with van der Waals surface area (Å²) < 4.78 is 28.6. The zero-order valence-corrected chi connectivity index (χ0v) is 13.2. The monoisotopic (exact) mass is 353 g/mol. The highest BCUT2D eigenvalue weighted by molar-refractivity contribution is 9.10. The summed E-state index contributed by atoms with van der Waals surface area (Å²) in [6.45, 7) is 3.42. The van der Waals surface area contributed by atoms with E-state index in [1.807, 2.05) is 13.0 Å². The van der Waals surface area contributed by atoms with Gasteiger partial charge in [-0.25, -0.2) is 8.78 Å². The lowest BCUT2D eigenvalue weighted by Crippen LogP contribution is -2.17. The number of amides is 1. The quantitative estimate of drug-likeness (QED) is 0.839. The third-order valence-corrected chi connectivity index (χ3v) is 3.70. The Bertz CT molecular complexity index is 701. The van der Waals surface area contributed by atoms with Crippen LogP contribution in [0.4, 0.5) is 14.5 Å². The Hall–Kier alpha value is -1.75. The van der Waals surface area contributed by atoms with Gasteiger partial charge in [0, 0.05) is 10.2 Å². The molecule has 0 aromatic heterocycles. The predicted molar refractivity (Wildman–Crippen MR) is 82.6 cm³/mol. The average molecular weight is 354 g/mol. The number of carbonyl (C=O) groups is 1. The summed E-state index contributed by atoms with van der Waals surface area (Å²) in [5.74, 6) is -2.49. The minimum atomic E-state index is -0.870. The number of rotatable bonds is 3. The zero-order valence-electron chi connectivity index (χ0n) is 11.6. The molecule has 0 atom stereocenters. The summed E-state index contributed by atoms with van der Waals surface area (Å²) in [6.07, 6.45) is 0.688. The molecule has 0 saturated heterocycles. The van der Waals surface area contributed by atoms with Crippen molar-refractivity contribution in [2.75, 3.05) is 5.32 Å². The lowest BCUT2D eigenvalue weighted by Gasteiger charge is -2.12. The summed E-state index contributed by atoms with van der Waals surface area (Å²) in [5, 5.41) is 2.57. The molecule has 1 N–H and O–H groups in total. The maximum absolute atomic E-state index is 14.0. The van der Waals surface area contributed by atoms with Crippen LogP contribution in [0.3, 0.4) is 0 Å². The largest absolute Gasteiger partial charge is 0.322 e. The number of benzene rings is 2. The molecule has 0 heterocycles. The standard InChI is InChI=1S/C16H14BrF2NO/c1-3-10-8-11(17)5-7-13(10)20-16(21)14-12(18)6-4-9(2)15(14)19/h4-8H,3H2,1-2H3,(H,20,21). The fraction of sp³-hybridized carbons (Fsp3) is 0.188. The molecular weight excluding hydrogens is 340 g/mol. The number of anilines is 1. The topological polar surface area (TPSA) is 29.1 Å². The molecule has 0 radical (unpaired) electrons. The van der Waals surface area contributed by atoms with E-state index in [1.54, 1.807) is 12.1 Å². The smallest absolute Gasteiger partial charge is 0.261 e. The molecule has 0 aliphatic heterocycles. The van der Waals surface area contributed by atoms with E-state index in [0.717, 1.165) is 16.1 Å². The van der Waals surface area contributed by atoms with Crippen LogP contribution < -0.4 is 5.32 Å². The van der Waals surface area contributed by atoms with E-state index in [0.29, 0.717) is 12.1 Å². The highest BCUT2D eigenvalue weighted by atomic mass is 79.9. The Morgan fingerprint density at radius 2 is 1.95 bits per heavy atom. The first-order valence-electron chi connectivity index (χ1n) is 6.48. The molecule has 0 spiro atoms. The molecule has 21 heavy (non-hydrogen) atoms. The summed E-state index contributed by atoms with van der Waals surface area (Å²) in [5.41, 5.74) is 1.10. The number of hydrogen-bond donors (Lipinski definition) is 1. The van der Waals surface area contributed by atoms with Crippen molar-refractivity contribution in [2.24, 2.45) is 0 Å². The zero-order chi connectivity index (χ0) is 15.6. The molecule has 5 heteroatoms. The maximum atomic E-state index is 14.0. The normalized spacial score (nSPS) is 10.5. The van der Waals surface area contributed by atoms with Crippen LogP contribution >= 0.6 is 15.9 Å². The predicted octanol–water partition coefficient (Wildman–Crippen LogP) is 4.85. The molecule has 0 unspecified atom stereocenters. The number of halogens is 3. The molecule has 1 amide bonds. The molecular formula is C16H14BrF2NO. The Labute approximate surface area is 130 Å². The van der Waals surface area contributed by atoms with Crippen LogP contribution in [-0.2, 0) is 6.42 Å². The van der Waals surface area contributed by atoms with E-state index in [2.05, 4.69) is 21.2 Å². The average Bonchev–Trinajstić information content (AvgIpc) is 2.45. The minimum Gasteiger partial charge on any atom is -0.322 e. The van der Waals surface area contributed by atoms with Gasteiger partial charge in [0.05, 0.1) is 0 Å². The van der Waals surface area contributed by atoms with Gasteiger partial charge in [-0.15, -0.1) is 0 Å². The molecule has 0 aliphatic carbocycles. The Morgan fingerprint density at radius 1 is 1.24 bits per heavy atom. The lowest BCUT2D eigenvalue weighted by molar-refractivity contribution is 0.101. The van der Waals surface area contributed by atoms with Crippen molar-refractivity contribution in [2.45, 2.75) is 20.3 Å². The van der Waals surface area contributed by atoms with Crippen molar-refractivity contribution in [3.63, 3.8) is 0 Å². The first-order valence-corrected chi connectivity index (χ1v) is 7.27. The molecule has 2 aromatic rings. The SMILES string of the molecule is CCc1cc(Br)ccc1NC(=O)c1c(F)ccc(C)c1F. The minimum absolute atomic E-state index is 0.230. The van der Waals surface area contributed by atoms with Gasteiger partial charge in [-0.1, -0.05) is 28.9 Å². The van der Waals surface area contributed by atoms with E-state index < -0.39 is 23.1 Å². The number of nitrogens with one attached hydrogen (secondary N) is 1. The second-order valence-electron chi connectivity index (χ2n) is 4.66. The third-order valence-electron chi connectivity index (χ3n) is 3.21. The van der Waals surface area contributed by atoms with Crippen LogP contribution in [0.15, 0.2) is 34.8 Å². The van der Waals surface area contributed by atoms with Gasteiger partial charge in [0.2, 0.25) is 0 Å². The van der Waals surface area contributed by atoms with Gasteiger partial charge < -0.3 is 5.32 Å². The van der Waals surface area contributed by atoms with E-state index >= 15 is 0 Å². The molecule has 110 valence electrons. The van der Waals surface area contributed by atoms with Crippen LogP contribution in [0.5, 0.6) is 0 Å². The van der Waals surface area contributed by atoms with Crippen molar-refractivity contribution >= 4 is 27.5 Å². The van der Waals surface area contributed by atoms with Crippen molar-refractivity contribution in [1.82, 2.24) is 0 Å². The molecule has 0 fully saturated rings. The van der Waals surface area contributed by atoms with Crippen LogP contribution in [0, 0.1) is 18.6 Å². The van der Waals surface area contributed by atoms with Gasteiger partial charge in [0.1, 0.15) is 17.2 Å². The van der Waals surface area contributed by atoms with Gasteiger partial charge in [-0.3, -0.25) is 4.79 Å². The lowest BCUT2D eigenvalue weighted by atomic mass is 10.1. The van der Waals surface area contributed by atoms with Gasteiger partial charge >= 0.3 is 0 Å². The van der Waals surface area contributed by atoms with E-state index in [-0.39, 0.29) is 5.56 Å². The Morgan fingerprint density at radius 3 is 2.62 bits per heavy atom. The van der Waals surface area contributed by atoms with Crippen LogP contribution in [0.2, 0.25) is 0 Å². The molecule has 0 bridgehead atoms. The highest BCUT2D eigenvalue weighted by Crippen LogP contribution is 2.23. The summed E-state index contributed by atoms with van der Waals surface area (Å²) in [6, 6.07) is 7.72. The van der Waals surface area contributed by atoms with Crippen molar-refractivity contribution in [1.29, 1.82) is 0 Å². The van der Waals surface area contributed by atoms with Crippen molar-refractivity contribution in [3.8, 4) is 0 Å². The Balaban J connectivity index is 2.37. The summed E-state index contributed by atoms with van der Waals surface area (Å²) >= 11 is 3.35. The van der Waals surface area contributed by atoms with Gasteiger partial charge in [-0.05, 0) is 48.7 Å². The maximum Gasteiger partial charge on any atom is 0.261 e. The van der Waals surface area contributed by atoms with Crippen LogP contribution in [0.1, 0.15) is 28.4 Å². The van der Waals surface area contributed by atoms with Crippen LogP contribution in [-0.4, -0.2) is 5.91 Å². The molecule has 0 aliphatic rings. The summed E-state index contributed by atoms with van der Waals surface area (Å²) in [4.78, 5) is 12.2. The number of hydrogen-bond acceptors (Lipinski definition) is 1. The summed E-state index contributed by atoms with van der Waals surface area (Å²) in [7, 11) is 0. The van der Waals surface area contributed by atoms with Crippen LogP contribution in [0.25, 0.3) is 0 Å². The number of aryl methyl sites for hydroxylation is 2. The second kappa shape index (κ2) is 6.35. The van der Waals surface area contributed by atoms with E-state index in [9.17, 15) is 13.6 Å². The van der Waals surface area contributed by atoms with E-state index in [4.69, 9.17) is 0 Å². The molecule has 2 rings (SSSR count).